The number of aromatic amines is 1. The number of pyridine rings is 1. The number of hydrogen-bond acceptors (Lipinski definition) is 10. The van der Waals surface area contributed by atoms with Crippen LogP contribution in [-0.4, -0.2) is 85.2 Å². The molecule has 5 heterocycles. The Balaban J connectivity index is 1.31. The van der Waals surface area contributed by atoms with Crippen molar-refractivity contribution in [1.29, 1.82) is 0 Å². The lowest BCUT2D eigenvalue weighted by Gasteiger charge is -2.31. The minimum absolute atomic E-state index is 0.0410. The first-order chi connectivity index (χ1) is 17.8. The summed E-state index contributed by atoms with van der Waals surface area (Å²) < 4.78 is 11.9. The van der Waals surface area contributed by atoms with Gasteiger partial charge in [0, 0.05) is 42.3 Å². The first kappa shape index (κ1) is 25.3. The number of hydrogen-bond donors (Lipinski definition) is 3. The standard InChI is InChI=1S/C25H34N8O4/c1-15(13-34)27-22(35)21-28-23(30-24(29-21)36-14-17-6-9-25(2,3)37-17)33-11-7-16(8-12-33)19-18-5-4-10-26-20(18)32-31-19/h4-5,10,15-17,34H,6-9,11-14H2,1-3H3,(H,27,35)(H,26,31,32)/t15?,17-/m1/s1. The maximum Gasteiger partial charge on any atom is 0.322 e. The Hall–Kier alpha value is -3.38. The first-order valence-electron chi connectivity index (χ1n) is 12.8. The van der Waals surface area contributed by atoms with Crippen LogP contribution >= 0.6 is 0 Å². The maximum absolute atomic E-state index is 12.8. The molecule has 0 radical (unpaired) electrons. The lowest BCUT2D eigenvalue weighted by Crippen LogP contribution is -2.38. The number of anilines is 1. The molecule has 0 saturated carbocycles. The molecule has 2 fully saturated rings. The van der Waals surface area contributed by atoms with E-state index in [1.165, 1.54) is 0 Å². The monoisotopic (exact) mass is 510 g/mol. The molecule has 12 nitrogen and oxygen atoms in total. The van der Waals surface area contributed by atoms with Gasteiger partial charge in [-0.25, -0.2) is 4.98 Å². The molecule has 2 atom stereocenters. The number of carbonyl (C=O) groups is 1. The zero-order valence-corrected chi connectivity index (χ0v) is 21.5. The van der Waals surface area contributed by atoms with Gasteiger partial charge in [-0.15, -0.1) is 0 Å². The van der Waals surface area contributed by atoms with Crippen molar-refractivity contribution < 1.29 is 19.4 Å². The number of fused-ring (bicyclic) bond motifs is 1. The van der Waals surface area contributed by atoms with E-state index in [1.54, 1.807) is 13.1 Å². The van der Waals surface area contributed by atoms with E-state index in [1.807, 2.05) is 17.0 Å². The van der Waals surface area contributed by atoms with Gasteiger partial charge < -0.3 is 24.8 Å². The van der Waals surface area contributed by atoms with E-state index < -0.39 is 11.9 Å². The lowest BCUT2D eigenvalue weighted by atomic mass is 9.92. The van der Waals surface area contributed by atoms with Crippen molar-refractivity contribution in [3.05, 3.63) is 29.8 Å². The van der Waals surface area contributed by atoms with Crippen molar-refractivity contribution in [3.63, 3.8) is 0 Å². The molecule has 3 aromatic rings. The van der Waals surface area contributed by atoms with Gasteiger partial charge in [0.2, 0.25) is 11.8 Å². The molecular formula is C25H34N8O4. The molecule has 12 heteroatoms. The zero-order valence-electron chi connectivity index (χ0n) is 21.5. The highest BCUT2D eigenvalue weighted by molar-refractivity contribution is 5.91. The molecular weight excluding hydrogens is 476 g/mol. The minimum Gasteiger partial charge on any atom is -0.461 e. The number of rotatable bonds is 8. The van der Waals surface area contributed by atoms with Crippen LogP contribution in [0.25, 0.3) is 11.0 Å². The minimum atomic E-state index is -0.486. The highest BCUT2D eigenvalue weighted by Gasteiger charge is 2.32. The Morgan fingerprint density at radius 2 is 2.11 bits per heavy atom. The van der Waals surface area contributed by atoms with Gasteiger partial charge in [-0.3, -0.25) is 9.89 Å². The van der Waals surface area contributed by atoms with E-state index in [4.69, 9.17) is 9.47 Å². The van der Waals surface area contributed by atoms with Crippen LogP contribution in [0.4, 0.5) is 5.95 Å². The van der Waals surface area contributed by atoms with Crippen molar-refractivity contribution in [2.45, 2.75) is 70.1 Å². The number of aliphatic hydroxyl groups is 1. The summed E-state index contributed by atoms with van der Waals surface area (Å²) in [4.78, 5) is 32.4. The van der Waals surface area contributed by atoms with Crippen LogP contribution in [0.5, 0.6) is 6.01 Å². The Kier molecular flexibility index (Phi) is 7.20. The summed E-state index contributed by atoms with van der Waals surface area (Å²) in [5.74, 6) is 0.174. The second-order valence-electron chi connectivity index (χ2n) is 10.4. The molecule has 3 N–H and O–H groups in total. The average molecular weight is 511 g/mol. The van der Waals surface area contributed by atoms with Crippen molar-refractivity contribution in [2.75, 3.05) is 31.2 Å². The zero-order chi connectivity index (χ0) is 26.0. The second-order valence-corrected chi connectivity index (χ2v) is 10.4. The van der Waals surface area contributed by atoms with Crippen molar-refractivity contribution in [3.8, 4) is 6.01 Å². The molecule has 1 unspecified atom stereocenters. The molecule has 5 rings (SSSR count). The molecule has 2 aliphatic rings. The summed E-state index contributed by atoms with van der Waals surface area (Å²) in [7, 11) is 0. The fourth-order valence-electron chi connectivity index (χ4n) is 4.90. The summed E-state index contributed by atoms with van der Waals surface area (Å²) in [6.45, 7) is 7.33. The predicted octanol–water partition coefficient (Wildman–Crippen LogP) is 1.97. The quantitative estimate of drug-likeness (QED) is 0.410. The third kappa shape index (κ3) is 5.80. The normalized spacial score (nSPS) is 20.8. The molecule has 0 bridgehead atoms. The van der Waals surface area contributed by atoms with E-state index in [0.717, 1.165) is 42.4 Å². The predicted molar refractivity (Wildman–Crippen MR) is 136 cm³/mol. The largest absolute Gasteiger partial charge is 0.461 e. The summed E-state index contributed by atoms with van der Waals surface area (Å²) in [5.41, 5.74) is 1.64. The molecule has 37 heavy (non-hydrogen) atoms. The van der Waals surface area contributed by atoms with E-state index in [0.29, 0.717) is 31.6 Å². The number of amides is 1. The fraction of sp³-hybridized carbons (Fsp3) is 0.600. The van der Waals surface area contributed by atoms with Crippen molar-refractivity contribution in [1.82, 2.24) is 35.5 Å². The van der Waals surface area contributed by atoms with Crippen LogP contribution in [0.1, 0.15) is 68.7 Å². The number of aromatic nitrogens is 6. The van der Waals surface area contributed by atoms with Gasteiger partial charge in [0.25, 0.3) is 5.91 Å². The van der Waals surface area contributed by atoms with E-state index in [9.17, 15) is 9.90 Å². The average Bonchev–Trinajstić information content (AvgIpc) is 3.49. The van der Waals surface area contributed by atoms with Crippen molar-refractivity contribution >= 4 is 22.9 Å². The number of nitrogens with one attached hydrogen (secondary N) is 2. The van der Waals surface area contributed by atoms with Crippen molar-refractivity contribution in [2.24, 2.45) is 0 Å². The van der Waals surface area contributed by atoms with Gasteiger partial charge >= 0.3 is 6.01 Å². The number of H-pyrrole nitrogens is 1. The van der Waals surface area contributed by atoms with Crippen LogP contribution in [0.3, 0.4) is 0 Å². The van der Waals surface area contributed by atoms with Crippen LogP contribution in [0.2, 0.25) is 0 Å². The van der Waals surface area contributed by atoms with E-state index in [-0.39, 0.29) is 30.1 Å². The Morgan fingerprint density at radius 1 is 1.30 bits per heavy atom. The highest BCUT2D eigenvalue weighted by Crippen LogP contribution is 2.32. The second kappa shape index (κ2) is 10.5. The number of piperidine rings is 1. The molecule has 2 saturated heterocycles. The number of carbonyl (C=O) groups excluding carboxylic acids is 1. The summed E-state index contributed by atoms with van der Waals surface area (Å²) in [6, 6.07) is 3.62. The van der Waals surface area contributed by atoms with Gasteiger partial charge in [0.05, 0.1) is 18.3 Å². The third-order valence-corrected chi connectivity index (χ3v) is 6.96. The summed E-state index contributed by atoms with van der Waals surface area (Å²) >= 11 is 0. The smallest absolute Gasteiger partial charge is 0.322 e. The molecule has 198 valence electrons. The SMILES string of the molecule is CC(CO)NC(=O)c1nc(OC[C@H]2CCC(C)(C)O2)nc(N2CCC(c3[nH]nc4ncccc34)CC2)n1. The molecule has 0 spiro atoms. The van der Waals surface area contributed by atoms with Gasteiger partial charge in [0.1, 0.15) is 6.61 Å². The van der Waals surface area contributed by atoms with E-state index >= 15 is 0 Å². The molecule has 0 aromatic carbocycles. The van der Waals surface area contributed by atoms with Crippen LogP contribution in [-0.2, 0) is 4.74 Å². The topological polar surface area (TPSA) is 151 Å². The Morgan fingerprint density at radius 3 is 2.84 bits per heavy atom. The first-order valence-corrected chi connectivity index (χ1v) is 12.8. The highest BCUT2D eigenvalue weighted by atomic mass is 16.6. The van der Waals surface area contributed by atoms with Crippen LogP contribution < -0.4 is 15.0 Å². The fourth-order valence-corrected chi connectivity index (χ4v) is 4.90. The maximum atomic E-state index is 12.8. The van der Waals surface area contributed by atoms with Gasteiger partial charge in [-0.1, -0.05) is 0 Å². The Labute approximate surface area is 215 Å². The number of aliphatic hydroxyl groups excluding tert-OH is 1. The third-order valence-electron chi connectivity index (χ3n) is 6.96. The number of ether oxygens (including phenoxy) is 2. The van der Waals surface area contributed by atoms with E-state index in [2.05, 4.69) is 49.3 Å². The molecule has 1 amide bonds. The van der Waals surface area contributed by atoms with Crippen LogP contribution in [0.15, 0.2) is 18.3 Å². The lowest BCUT2D eigenvalue weighted by molar-refractivity contribution is -0.0339. The molecule has 0 aliphatic carbocycles. The summed E-state index contributed by atoms with van der Waals surface area (Å²) in [6.07, 6.45) is 5.25. The Bertz CT molecular complexity index is 1240. The summed E-state index contributed by atoms with van der Waals surface area (Å²) in [5, 5.41) is 20.6. The van der Waals surface area contributed by atoms with Gasteiger partial charge in [-0.05, 0) is 58.6 Å². The number of nitrogens with zero attached hydrogens (tertiary/aromatic N) is 6. The molecule has 2 aliphatic heterocycles. The van der Waals surface area contributed by atoms with Gasteiger partial charge in [-0.2, -0.15) is 20.1 Å². The molecule has 3 aromatic heterocycles. The van der Waals surface area contributed by atoms with Gasteiger partial charge in [0.15, 0.2) is 5.65 Å². The van der Waals surface area contributed by atoms with Crippen LogP contribution in [0, 0.1) is 0 Å².